The predicted molar refractivity (Wildman–Crippen MR) is 104 cm³/mol. The zero-order valence-electron chi connectivity index (χ0n) is 16.1. The SMILES string of the molecule is O=C(C[NH+]1CC[NH+](CC(=O)Nc2ccc(F)cc2)CC1)NCc1ccccc1F. The molecule has 1 aliphatic rings. The lowest BCUT2D eigenvalue weighted by atomic mass is 10.2. The van der Waals surface area contributed by atoms with Crippen LogP contribution in [-0.2, 0) is 16.1 Å². The van der Waals surface area contributed by atoms with Crippen LogP contribution in [0.4, 0.5) is 14.5 Å². The molecule has 2 aromatic carbocycles. The van der Waals surface area contributed by atoms with Gasteiger partial charge in [-0.2, -0.15) is 0 Å². The van der Waals surface area contributed by atoms with Crippen LogP contribution in [0.15, 0.2) is 48.5 Å². The van der Waals surface area contributed by atoms with Gasteiger partial charge in [-0.1, -0.05) is 18.2 Å². The first-order valence-electron chi connectivity index (χ1n) is 9.72. The van der Waals surface area contributed by atoms with E-state index < -0.39 is 0 Å². The molecule has 1 aliphatic heterocycles. The Morgan fingerprint density at radius 1 is 0.828 bits per heavy atom. The number of rotatable bonds is 7. The van der Waals surface area contributed by atoms with E-state index in [1.165, 1.54) is 30.3 Å². The third-order valence-corrected chi connectivity index (χ3v) is 5.05. The average molecular weight is 404 g/mol. The molecule has 1 heterocycles. The summed E-state index contributed by atoms with van der Waals surface area (Å²) in [6.45, 7) is 3.99. The summed E-state index contributed by atoms with van der Waals surface area (Å²) >= 11 is 0. The molecule has 2 aromatic rings. The Morgan fingerprint density at radius 3 is 2.03 bits per heavy atom. The van der Waals surface area contributed by atoms with E-state index in [9.17, 15) is 18.4 Å². The van der Waals surface area contributed by atoms with Crippen molar-refractivity contribution in [2.24, 2.45) is 0 Å². The smallest absolute Gasteiger partial charge is 0.279 e. The fourth-order valence-corrected chi connectivity index (χ4v) is 3.40. The lowest BCUT2D eigenvalue weighted by molar-refractivity contribution is -1.00. The number of anilines is 1. The van der Waals surface area contributed by atoms with Crippen LogP contribution in [0.5, 0.6) is 0 Å². The third kappa shape index (κ3) is 6.62. The molecule has 6 nitrogen and oxygen atoms in total. The lowest BCUT2D eigenvalue weighted by Gasteiger charge is -2.29. The molecule has 3 rings (SSSR count). The maximum absolute atomic E-state index is 13.6. The molecule has 2 amide bonds. The Hall–Kier alpha value is -2.84. The van der Waals surface area contributed by atoms with Gasteiger partial charge in [0.2, 0.25) is 0 Å². The summed E-state index contributed by atoms with van der Waals surface area (Å²) < 4.78 is 26.5. The summed E-state index contributed by atoms with van der Waals surface area (Å²) in [6.07, 6.45) is 0. The average Bonchev–Trinajstić information content (AvgIpc) is 2.70. The molecule has 0 spiro atoms. The second-order valence-corrected chi connectivity index (χ2v) is 7.28. The normalized spacial score (nSPS) is 18.8. The van der Waals surface area contributed by atoms with Gasteiger partial charge in [0.1, 0.15) is 37.8 Å². The molecule has 1 saturated heterocycles. The quantitative estimate of drug-likeness (QED) is 0.479. The molecular weight excluding hydrogens is 378 g/mol. The van der Waals surface area contributed by atoms with Gasteiger partial charge in [0.15, 0.2) is 13.1 Å². The van der Waals surface area contributed by atoms with Gasteiger partial charge in [0.05, 0.1) is 0 Å². The molecule has 0 atom stereocenters. The number of carbonyl (C=O) groups is 2. The van der Waals surface area contributed by atoms with E-state index in [4.69, 9.17) is 0 Å². The van der Waals surface area contributed by atoms with Crippen molar-refractivity contribution in [3.05, 3.63) is 65.7 Å². The zero-order valence-corrected chi connectivity index (χ0v) is 16.1. The number of benzene rings is 2. The Labute approximate surface area is 168 Å². The minimum atomic E-state index is -0.342. The fraction of sp³-hybridized carbons (Fsp3) is 0.333. The summed E-state index contributed by atoms with van der Waals surface area (Å²) in [5, 5.41) is 5.53. The number of hydrogen-bond donors (Lipinski definition) is 4. The number of halogens is 2. The van der Waals surface area contributed by atoms with Gasteiger partial charge in [-0.05, 0) is 30.3 Å². The van der Waals surface area contributed by atoms with Crippen molar-refractivity contribution in [2.45, 2.75) is 6.54 Å². The van der Waals surface area contributed by atoms with Crippen molar-refractivity contribution in [1.82, 2.24) is 5.32 Å². The van der Waals surface area contributed by atoms with Crippen molar-refractivity contribution in [1.29, 1.82) is 0 Å². The number of amides is 2. The highest BCUT2D eigenvalue weighted by atomic mass is 19.1. The topological polar surface area (TPSA) is 67.1 Å². The minimum absolute atomic E-state index is 0.110. The standard InChI is InChI=1S/C21H24F2N4O2/c22-17-5-7-18(8-6-17)25-21(29)15-27-11-9-26(10-12-27)14-20(28)24-13-16-3-1-2-4-19(16)23/h1-8H,9-15H2,(H,24,28)(H,25,29)/p+2. The molecule has 1 fully saturated rings. The van der Waals surface area contributed by atoms with Gasteiger partial charge in [0.25, 0.3) is 11.8 Å². The molecule has 4 N–H and O–H groups in total. The Kier molecular flexibility index (Phi) is 7.26. The summed E-state index contributed by atoms with van der Waals surface area (Å²) in [7, 11) is 0. The molecule has 0 saturated carbocycles. The number of carbonyl (C=O) groups excluding carboxylic acids is 2. The lowest BCUT2D eigenvalue weighted by Crippen LogP contribution is -3.28. The molecule has 0 radical (unpaired) electrons. The first kappa shape index (κ1) is 20.9. The highest BCUT2D eigenvalue weighted by Gasteiger charge is 2.26. The number of piperazine rings is 1. The molecule has 0 aliphatic carbocycles. The summed E-state index contributed by atoms with van der Waals surface area (Å²) in [5.74, 6) is -0.889. The molecule has 0 bridgehead atoms. The van der Waals surface area contributed by atoms with Crippen molar-refractivity contribution >= 4 is 17.5 Å². The van der Waals surface area contributed by atoms with Gasteiger partial charge >= 0.3 is 0 Å². The van der Waals surface area contributed by atoms with E-state index >= 15 is 0 Å². The Balaban J connectivity index is 1.35. The third-order valence-electron chi connectivity index (χ3n) is 5.05. The first-order chi connectivity index (χ1) is 14.0. The van der Waals surface area contributed by atoms with Gasteiger partial charge in [-0.15, -0.1) is 0 Å². The van der Waals surface area contributed by atoms with E-state index in [2.05, 4.69) is 10.6 Å². The summed E-state index contributed by atoms with van der Waals surface area (Å²) in [6, 6.07) is 12.1. The Morgan fingerprint density at radius 2 is 1.41 bits per heavy atom. The molecule has 0 aromatic heterocycles. The van der Waals surface area contributed by atoms with E-state index in [1.54, 1.807) is 18.2 Å². The number of quaternary nitrogens is 2. The Bertz CT molecular complexity index is 837. The van der Waals surface area contributed by atoms with Crippen LogP contribution in [0.1, 0.15) is 5.56 Å². The zero-order chi connectivity index (χ0) is 20.6. The van der Waals surface area contributed by atoms with Crippen molar-refractivity contribution in [2.75, 3.05) is 44.6 Å². The molecule has 29 heavy (non-hydrogen) atoms. The van der Waals surface area contributed by atoms with Crippen LogP contribution in [0.25, 0.3) is 0 Å². The van der Waals surface area contributed by atoms with Crippen LogP contribution in [0.2, 0.25) is 0 Å². The minimum Gasteiger partial charge on any atom is -0.347 e. The van der Waals surface area contributed by atoms with Crippen molar-refractivity contribution < 1.29 is 28.2 Å². The van der Waals surface area contributed by atoms with Crippen LogP contribution in [0.3, 0.4) is 0 Å². The van der Waals surface area contributed by atoms with Gasteiger partial charge in [0, 0.05) is 17.8 Å². The van der Waals surface area contributed by atoms with Crippen molar-refractivity contribution in [3.63, 3.8) is 0 Å². The van der Waals surface area contributed by atoms with E-state index in [-0.39, 0.29) is 30.0 Å². The molecule has 8 heteroatoms. The highest BCUT2D eigenvalue weighted by Crippen LogP contribution is 2.07. The maximum Gasteiger partial charge on any atom is 0.279 e. The number of nitrogens with one attached hydrogen (secondary N) is 4. The van der Waals surface area contributed by atoms with Crippen LogP contribution >= 0.6 is 0 Å². The van der Waals surface area contributed by atoms with Crippen molar-refractivity contribution in [3.8, 4) is 0 Å². The number of hydrogen-bond acceptors (Lipinski definition) is 2. The van der Waals surface area contributed by atoms with E-state index in [0.717, 1.165) is 36.0 Å². The second kappa shape index (κ2) is 10.1. The summed E-state index contributed by atoms with van der Waals surface area (Å²) in [5.41, 5.74) is 1.05. The van der Waals surface area contributed by atoms with Crippen LogP contribution < -0.4 is 20.4 Å². The molecule has 154 valence electrons. The van der Waals surface area contributed by atoms with Gasteiger partial charge < -0.3 is 20.4 Å². The van der Waals surface area contributed by atoms with Crippen LogP contribution in [0, 0.1) is 11.6 Å². The first-order valence-corrected chi connectivity index (χ1v) is 9.72. The van der Waals surface area contributed by atoms with Gasteiger partial charge in [-0.25, -0.2) is 8.78 Å². The second-order valence-electron chi connectivity index (χ2n) is 7.28. The van der Waals surface area contributed by atoms with E-state index in [1.807, 2.05) is 0 Å². The van der Waals surface area contributed by atoms with Crippen LogP contribution in [-0.4, -0.2) is 51.1 Å². The van der Waals surface area contributed by atoms with Gasteiger partial charge in [-0.3, -0.25) is 9.59 Å². The monoisotopic (exact) mass is 404 g/mol. The molecular formula is C21H26F2N4O2+2. The maximum atomic E-state index is 13.6. The van der Waals surface area contributed by atoms with E-state index in [0.29, 0.717) is 24.3 Å². The predicted octanol–water partition coefficient (Wildman–Crippen LogP) is -0.997. The summed E-state index contributed by atoms with van der Waals surface area (Å²) in [4.78, 5) is 26.6. The fourth-order valence-electron chi connectivity index (χ4n) is 3.40. The largest absolute Gasteiger partial charge is 0.347 e. The highest BCUT2D eigenvalue weighted by molar-refractivity contribution is 5.91. The molecule has 0 unspecified atom stereocenters.